The predicted molar refractivity (Wildman–Crippen MR) is 79.2 cm³/mol. The van der Waals surface area contributed by atoms with Crippen molar-refractivity contribution in [2.75, 3.05) is 0 Å². The molecular weight excluding hydrogens is 304 g/mol. The number of aromatic nitrogens is 4. The Morgan fingerprint density at radius 3 is 2.79 bits per heavy atom. The zero-order valence-electron chi connectivity index (χ0n) is 11.0. The summed E-state index contributed by atoms with van der Waals surface area (Å²) in [5.74, 6) is 0. The minimum absolute atomic E-state index is 0.725. The molecule has 5 heteroatoms. The van der Waals surface area contributed by atoms with Crippen LogP contribution in [0, 0.1) is 6.92 Å². The van der Waals surface area contributed by atoms with Gasteiger partial charge in [-0.15, -0.1) is 0 Å². The third kappa shape index (κ3) is 2.08. The van der Waals surface area contributed by atoms with E-state index in [1.54, 1.807) is 0 Å². The lowest BCUT2D eigenvalue weighted by Crippen LogP contribution is -2.09. The molecule has 0 fully saturated rings. The molecule has 4 nitrogen and oxygen atoms in total. The van der Waals surface area contributed by atoms with Crippen LogP contribution >= 0.6 is 15.9 Å². The standard InChI is InChI=1S/C14H15BrN4/c1-3-18-13(14(15)10(2)17-18)9-19-12-7-5-4-6-11(12)8-16-19/h4-8H,3,9H2,1-2H3. The molecular formula is C14H15BrN4. The molecule has 0 saturated carbocycles. The number of nitrogens with zero attached hydrogens (tertiary/aromatic N) is 4. The number of hydrogen-bond donors (Lipinski definition) is 0. The Hall–Kier alpha value is -1.62. The van der Waals surface area contributed by atoms with Crippen molar-refractivity contribution in [3.8, 4) is 0 Å². The molecule has 0 N–H and O–H groups in total. The van der Waals surface area contributed by atoms with Gasteiger partial charge < -0.3 is 0 Å². The number of halogens is 1. The van der Waals surface area contributed by atoms with E-state index in [1.807, 2.05) is 34.6 Å². The van der Waals surface area contributed by atoms with Crippen molar-refractivity contribution < 1.29 is 0 Å². The second-order valence-electron chi connectivity index (χ2n) is 4.52. The SMILES string of the molecule is CCn1nc(C)c(Br)c1Cn1ncc2ccccc21. The molecule has 0 aliphatic carbocycles. The fourth-order valence-electron chi connectivity index (χ4n) is 2.31. The van der Waals surface area contributed by atoms with Crippen molar-refractivity contribution in [1.29, 1.82) is 0 Å². The van der Waals surface area contributed by atoms with E-state index in [0.29, 0.717) is 0 Å². The van der Waals surface area contributed by atoms with Crippen molar-refractivity contribution >= 4 is 26.8 Å². The zero-order valence-corrected chi connectivity index (χ0v) is 12.6. The zero-order chi connectivity index (χ0) is 13.4. The minimum atomic E-state index is 0.725. The summed E-state index contributed by atoms with van der Waals surface area (Å²) in [4.78, 5) is 0. The van der Waals surface area contributed by atoms with Crippen LogP contribution in [-0.4, -0.2) is 19.6 Å². The quantitative estimate of drug-likeness (QED) is 0.742. The van der Waals surface area contributed by atoms with E-state index >= 15 is 0 Å². The summed E-state index contributed by atoms with van der Waals surface area (Å²) >= 11 is 3.63. The van der Waals surface area contributed by atoms with Crippen LogP contribution in [0.5, 0.6) is 0 Å². The molecule has 0 atom stereocenters. The Morgan fingerprint density at radius 1 is 1.21 bits per heavy atom. The van der Waals surface area contributed by atoms with E-state index in [2.05, 4.69) is 45.2 Å². The highest BCUT2D eigenvalue weighted by Crippen LogP contribution is 2.23. The molecule has 0 spiro atoms. The molecule has 0 unspecified atom stereocenters. The smallest absolute Gasteiger partial charge is 0.0847 e. The number of fused-ring (bicyclic) bond motifs is 1. The molecule has 3 aromatic rings. The summed E-state index contributed by atoms with van der Waals surface area (Å²) in [6.07, 6.45) is 1.91. The van der Waals surface area contributed by atoms with Gasteiger partial charge in [-0.25, -0.2) is 0 Å². The van der Waals surface area contributed by atoms with Crippen molar-refractivity contribution in [2.45, 2.75) is 26.9 Å². The van der Waals surface area contributed by atoms with Crippen LogP contribution in [0.3, 0.4) is 0 Å². The first-order valence-electron chi connectivity index (χ1n) is 6.33. The number of rotatable bonds is 3. The molecule has 98 valence electrons. The van der Waals surface area contributed by atoms with E-state index in [9.17, 15) is 0 Å². The molecule has 0 radical (unpaired) electrons. The van der Waals surface area contributed by atoms with E-state index in [0.717, 1.165) is 39.9 Å². The topological polar surface area (TPSA) is 35.6 Å². The third-order valence-corrected chi connectivity index (χ3v) is 4.33. The highest BCUT2D eigenvalue weighted by atomic mass is 79.9. The van der Waals surface area contributed by atoms with Gasteiger partial charge >= 0.3 is 0 Å². The summed E-state index contributed by atoms with van der Waals surface area (Å²) in [6.45, 7) is 5.70. The maximum atomic E-state index is 4.52. The van der Waals surface area contributed by atoms with Crippen molar-refractivity contribution in [3.63, 3.8) is 0 Å². The van der Waals surface area contributed by atoms with E-state index in [-0.39, 0.29) is 0 Å². The van der Waals surface area contributed by atoms with Gasteiger partial charge in [-0.05, 0) is 35.8 Å². The van der Waals surface area contributed by atoms with E-state index in [1.165, 1.54) is 0 Å². The molecule has 0 amide bonds. The van der Waals surface area contributed by atoms with Crippen molar-refractivity contribution in [2.24, 2.45) is 0 Å². The van der Waals surface area contributed by atoms with Crippen LogP contribution in [0.1, 0.15) is 18.3 Å². The minimum Gasteiger partial charge on any atom is -0.267 e. The monoisotopic (exact) mass is 318 g/mol. The highest BCUT2D eigenvalue weighted by molar-refractivity contribution is 9.10. The Balaban J connectivity index is 2.06. The van der Waals surface area contributed by atoms with Gasteiger partial charge in [-0.1, -0.05) is 18.2 Å². The normalized spacial score (nSPS) is 11.3. The predicted octanol–water partition coefficient (Wildman–Crippen LogP) is 3.37. The van der Waals surface area contributed by atoms with Gasteiger partial charge in [0.2, 0.25) is 0 Å². The van der Waals surface area contributed by atoms with Gasteiger partial charge in [0.1, 0.15) is 0 Å². The summed E-state index contributed by atoms with van der Waals surface area (Å²) in [6, 6.07) is 8.24. The first kappa shape index (κ1) is 12.4. The summed E-state index contributed by atoms with van der Waals surface area (Å²) in [5, 5.41) is 10.2. The molecule has 3 rings (SSSR count). The average Bonchev–Trinajstić information content (AvgIpc) is 2.95. The molecule has 1 aromatic carbocycles. The van der Waals surface area contributed by atoms with Gasteiger partial charge in [0.25, 0.3) is 0 Å². The van der Waals surface area contributed by atoms with Crippen molar-refractivity contribution in [1.82, 2.24) is 19.6 Å². The first-order valence-corrected chi connectivity index (χ1v) is 7.12. The van der Waals surface area contributed by atoms with Crippen LogP contribution in [0.25, 0.3) is 10.9 Å². The number of benzene rings is 1. The molecule has 2 heterocycles. The van der Waals surface area contributed by atoms with Gasteiger partial charge in [0.05, 0.1) is 34.1 Å². The van der Waals surface area contributed by atoms with Crippen LogP contribution in [0.2, 0.25) is 0 Å². The summed E-state index contributed by atoms with van der Waals surface area (Å²) in [7, 11) is 0. The number of para-hydroxylation sites is 1. The lowest BCUT2D eigenvalue weighted by atomic mass is 10.2. The maximum absolute atomic E-state index is 4.52. The lowest BCUT2D eigenvalue weighted by Gasteiger charge is -2.07. The molecule has 0 saturated heterocycles. The Labute approximate surface area is 120 Å². The molecule has 0 aliphatic rings. The third-order valence-electron chi connectivity index (χ3n) is 3.30. The van der Waals surface area contributed by atoms with Crippen LogP contribution in [0.4, 0.5) is 0 Å². The van der Waals surface area contributed by atoms with Crippen LogP contribution in [0.15, 0.2) is 34.9 Å². The van der Waals surface area contributed by atoms with Gasteiger partial charge in [0.15, 0.2) is 0 Å². The highest BCUT2D eigenvalue weighted by Gasteiger charge is 2.13. The van der Waals surface area contributed by atoms with Crippen LogP contribution in [-0.2, 0) is 13.1 Å². The number of hydrogen-bond acceptors (Lipinski definition) is 2. The molecule has 0 bridgehead atoms. The van der Waals surface area contributed by atoms with E-state index < -0.39 is 0 Å². The first-order chi connectivity index (χ1) is 9.20. The van der Waals surface area contributed by atoms with Gasteiger partial charge in [-0.2, -0.15) is 10.2 Å². The Bertz CT molecular complexity index is 726. The lowest BCUT2D eigenvalue weighted by molar-refractivity contribution is 0.581. The van der Waals surface area contributed by atoms with Crippen LogP contribution < -0.4 is 0 Å². The van der Waals surface area contributed by atoms with E-state index in [4.69, 9.17) is 0 Å². The average molecular weight is 319 g/mol. The number of aryl methyl sites for hydroxylation is 2. The summed E-state index contributed by atoms with van der Waals surface area (Å²) in [5.41, 5.74) is 3.33. The Kier molecular flexibility index (Phi) is 3.14. The molecule has 0 aliphatic heterocycles. The fourth-order valence-corrected chi connectivity index (χ4v) is 2.72. The summed E-state index contributed by atoms with van der Waals surface area (Å²) < 4.78 is 5.12. The maximum Gasteiger partial charge on any atom is 0.0847 e. The Morgan fingerprint density at radius 2 is 2.00 bits per heavy atom. The van der Waals surface area contributed by atoms with Gasteiger partial charge in [-0.3, -0.25) is 9.36 Å². The van der Waals surface area contributed by atoms with Gasteiger partial charge in [0, 0.05) is 11.9 Å². The molecule has 19 heavy (non-hydrogen) atoms. The molecule has 2 aromatic heterocycles. The van der Waals surface area contributed by atoms with Crippen molar-refractivity contribution in [3.05, 3.63) is 46.3 Å². The second kappa shape index (κ2) is 4.81. The largest absolute Gasteiger partial charge is 0.267 e. The fraction of sp³-hybridized carbons (Fsp3) is 0.286. The second-order valence-corrected chi connectivity index (χ2v) is 5.32.